The number of amides is 2. The van der Waals surface area contributed by atoms with E-state index in [1.54, 1.807) is 31.2 Å². The molecule has 1 N–H and O–H groups in total. The van der Waals surface area contributed by atoms with Crippen molar-refractivity contribution in [3.63, 3.8) is 0 Å². The van der Waals surface area contributed by atoms with Gasteiger partial charge >= 0.3 is 5.97 Å². The van der Waals surface area contributed by atoms with Crippen LogP contribution in [0.1, 0.15) is 6.92 Å². The Kier molecular flexibility index (Phi) is 3.69. The molecular formula is C14H12BrN3O4. The van der Waals surface area contributed by atoms with Crippen molar-refractivity contribution in [2.45, 2.75) is 13.0 Å². The van der Waals surface area contributed by atoms with Crippen LogP contribution in [0.3, 0.4) is 0 Å². The molecule has 0 saturated carbocycles. The molecule has 1 aromatic carbocycles. The van der Waals surface area contributed by atoms with Crippen molar-refractivity contribution >= 4 is 45.1 Å². The van der Waals surface area contributed by atoms with Crippen molar-refractivity contribution in [1.82, 2.24) is 5.43 Å². The largest absolute Gasteiger partial charge is 0.461 e. The summed E-state index contributed by atoms with van der Waals surface area (Å²) in [4.78, 5) is 37.9. The summed E-state index contributed by atoms with van der Waals surface area (Å²) < 4.78 is 5.71. The number of carbonyl (C=O) groups excluding carboxylic acids is 3. The number of esters is 1. The maximum absolute atomic E-state index is 12.6. The Hall–Kier alpha value is -2.22. The van der Waals surface area contributed by atoms with E-state index in [9.17, 15) is 14.4 Å². The lowest BCUT2D eigenvalue weighted by Crippen LogP contribution is -2.36. The number of anilines is 1. The van der Waals surface area contributed by atoms with E-state index in [1.807, 2.05) is 0 Å². The molecule has 2 heterocycles. The first kappa shape index (κ1) is 14.7. The third kappa shape index (κ3) is 2.19. The number of imide groups is 1. The van der Waals surface area contributed by atoms with Gasteiger partial charge in [-0.25, -0.2) is 9.69 Å². The highest BCUT2D eigenvalue weighted by molar-refractivity contribution is 9.10. The average Bonchev–Trinajstić information content (AvgIpc) is 3.03. The van der Waals surface area contributed by atoms with Crippen LogP contribution in [-0.2, 0) is 19.1 Å². The predicted octanol–water partition coefficient (Wildman–Crippen LogP) is 0.829. The van der Waals surface area contributed by atoms with E-state index in [0.717, 1.165) is 9.37 Å². The van der Waals surface area contributed by atoms with Crippen molar-refractivity contribution in [1.29, 1.82) is 0 Å². The van der Waals surface area contributed by atoms with E-state index in [-0.39, 0.29) is 12.3 Å². The molecule has 0 aromatic heterocycles. The molecular weight excluding hydrogens is 354 g/mol. The third-order valence-corrected chi connectivity index (χ3v) is 4.02. The van der Waals surface area contributed by atoms with Crippen LogP contribution < -0.4 is 10.3 Å². The van der Waals surface area contributed by atoms with Crippen LogP contribution in [0.25, 0.3) is 0 Å². The maximum atomic E-state index is 12.6. The minimum absolute atomic E-state index is 0.0511. The molecule has 0 radical (unpaired) electrons. The van der Waals surface area contributed by atoms with Gasteiger partial charge in [-0.15, -0.1) is 0 Å². The molecule has 2 atom stereocenters. The SMILES string of the molecule is CCOC(=O)C1=NN[C@H]2C(=O)N(c3ccc(Br)cc3)C(=O)[C@@H]12. The molecule has 114 valence electrons. The number of halogens is 1. The highest BCUT2D eigenvalue weighted by Crippen LogP contribution is 2.31. The van der Waals surface area contributed by atoms with Gasteiger partial charge in [0.25, 0.3) is 5.91 Å². The monoisotopic (exact) mass is 365 g/mol. The molecule has 7 nitrogen and oxygen atoms in total. The first-order valence-corrected chi connectivity index (χ1v) is 7.47. The first-order chi connectivity index (χ1) is 10.5. The van der Waals surface area contributed by atoms with Crippen LogP contribution in [0.2, 0.25) is 0 Å². The predicted molar refractivity (Wildman–Crippen MR) is 81.1 cm³/mol. The van der Waals surface area contributed by atoms with Crippen molar-refractivity contribution in [3.05, 3.63) is 28.7 Å². The Bertz CT molecular complexity index is 686. The summed E-state index contributed by atoms with van der Waals surface area (Å²) in [5.74, 6) is -2.52. The van der Waals surface area contributed by atoms with Gasteiger partial charge in [-0.1, -0.05) is 15.9 Å². The Morgan fingerprint density at radius 3 is 2.64 bits per heavy atom. The molecule has 0 unspecified atom stereocenters. The molecule has 1 aromatic rings. The molecule has 2 aliphatic heterocycles. The lowest BCUT2D eigenvalue weighted by atomic mass is 9.99. The molecule has 2 aliphatic rings. The fraction of sp³-hybridized carbons (Fsp3) is 0.286. The standard InChI is InChI=1S/C14H12BrN3O4/c1-2-22-14(21)11-9-10(16-17-11)13(20)18(12(9)19)8-5-3-7(15)4-6-8/h3-6,9-10,16H,2H2,1H3/t9-,10-/m1/s1. The Morgan fingerprint density at radius 1 is 1.32 bits per heavy atom. The summed E-state index contributed by atoms with van der Waals surface area (Å²) >= 11 is 3.30. The van der Waals surface area contributed by atoms with Gasteiger partial charge in [0.1, 0.15) is 12.0 Å². The molecule has 0 bridgehead atoms. The van der Waals surface area contributed by atoms with Crippen molar-refractivity contribution in [3.8, 4) is 0 Å². The lowest BCUT2D eigenvalue weighted by molar-refractivity contribution is -0.136. The van der Waals surface area contributed by atoms with Crippen LogP contribution in [0.4, 0.5) is 5.69 Å². The number of rotatable bonds is 3. The molecule has 0 aliphatic carbocycles. The number of hydrogen-bond donors (Lipinski definition) is 1. The summed E-state index contributed by atoms with van der Waals surface area (Å²) in [5.41, 5.74) is 2.97. The van der Waals surface area contributed by atoms with Crippen molar-refractivity contribution in [2.75, 3.05) is 11.5 Å². The van der Waals surface area contributed by atoms with Gasteiger partial charge in [-0.2, -0.15) is 5.10 Å². The second-order valence-electron chi connectivity index (χ2n) is 4.79. The topological polar surface area (TPSA) is 88.1 Å². The Morgan fingerprint density at radius 2 is 2.00 bits per heavy atom. The van der Waals surface area contributed by atoms with Crippen LogP contribution in [0.5, 0.6) is 0 Å². The van der Waals surface area contributed by atoms with Gasteiger partial charge in [0.05, 0.1) is 12.3 Å². The van der Waals surface area contributed by atoms with Crippen LogP contribution in [0.15, 0.2) is 33.8 Å². The zero-order valence-corrected chi connectivity index (χ0v) is 13.2. The first-order valence-electron chi connectivity index (χ1n) is 6.68. The van der Waals surface area contributed by atoms with Gasteiger partial charge in [0, 0.05) is 4.47 Å². The van der Waals surface area contributed by atoms with Crippen molar-refractivity contribution < 1.29 is 19.1 Å². The van der Waals surface area contributed by atoms with E-state index in [0.29, 0.717) is 5.69 Å². The van der Waals surface area contributed by atoms with Crippen LogP contribution in [-0.4, -0.2) is 36.1 Å². The fourth-order valence-electron chi connectivity index (χ4n) is 2.51. The molecule has 22 heavy (non-hydrogen) atoms. The molecule has 3 rings (SSSR count). The second-order valence-corrected chi connectivity index (χ2v) is 5.71. The van der Waals surface area contributed by atoms with E-state index in [2.05, 4.69) is 26.5 Å². The van der Waals surface area contributed by atoms with E-state index in [1.165, 1.54) is 0 Å². The lowest BCUT2D eigenvalue weighted by Gasteiger charge is -2.15. The van der Waals surface area contributed by atoms with E-state index in [4.69, 9.17) is 4.74 Å². The van der Waals surface area contributed by atoms with Gasteiger partial charge < -0.3 is 4.74 Å². The number of ether oxygens (including phenoxy) is 1. The normalized spacial score (nSPS) is 23.2. The summed E-state index contributed by atoms with van der Waals surface area (Å²) in [6.45, 7) is 1.84. The van der Waals surface area contributed by atoms with E-state index >= 15 is 0 Å². The number of nitrogens with zero attached hydrogens (tertiary/aromatic N) is 2. The quantitative estimate of drug-likeness (QED) is 0.633. The number of hydrazone groups is 1. The highest BCUT2D eigenvalue weighted by atomic mass is 79.9. The number of benzene rings is 1. The second kappa shape index (κ2) is 5.53. The zero-order chi connectivity index (χ0) is 15.9. The van der Waals surface area contributed by atoms with Gasteiger partial charge in [0.15, 0.2) is 5.71 Å². The van der Waals surface area contributed by atoms with Gasteiger partial charge in [-0.05, 0) is 31.2 Å². The average molecular weight is 366 g/mol. The Labute approximate surface area is 134 Å². The minimum Gasteiger partial charge on any atom is -0.461 e. The summed E-state index contributed by atoms with van der Waals surface area (Å²) in [7, 11) is 0. The van der Waals surface area contributed by atoms with E-state index < -0.39 is 29.7 Å². The number of hydrogen-bond acceptors (Lipinski definition) is 6. The third-order valence-electron chi connectivity index (χ3n) is 3.49. The molecule has 8 heteroatoms. The summed E-state index contributed by atoms with van der Waals surface area (Å²) in [6.07, 6.45) is 0. The summed E-state index contributed by atoms with van der Waals surface area (Å²) in [5, 5.41) is 3.80. The smallest absolute Gasteiger partial charge is 0.355 e. The Balaban J connectivity index is 1.91. The highest BCUT2D eigenvalue weighted by Gasteiger charge is 2.55. The van der Waals surface area contributed by atoms with Gasteiger partial charge in [0.2, 0.25) is 5.91 Å². The minimum atomic E-state index is -0.935. The number of carbonyl (C=O) groups is 3. The number of fused-ring (bicyclic) bond motifs is 1. The molecule has 1 fully saturated rings. The molecule has 0 spiro atoms. The number of nitrogens with one attached hydrogen (secondary N) is 1. The van der Waals surface area contributed by atoms with Gasteiger partial charge in [-0.3, -0.25) is 15.0 Å². The van der Waals surface area contributed by atoms with Crippen LogP contribution in [0, 0.1) is 5.92 Å². The van der Waals surface area contributed by atoms with Crippen LogP contribution >= 0.6 is 15.9 Å². The maximum Gasteiger partial charge on any atom is 0.355 e. The molecule has 1 saturated heterocycles. The summed E-state index contributed by atoms with van der Waals surface area (Å²) in [6, 6.07) is 5.93. The molecule has 2 amide bonds. The zero-order valence-electron chi connectivity index (χ0n) is 11.6. The van der Waals surface area contributed by atoms with Crippen molar-refractivity contribution in [2.24, 2.45) is 11.0 Å². The fourth-order valence-corrected chi connectivity index (χ4v) is 2.77.